The van der Waals surface area contributed by atoms with E-state index in [1.807, 2.05) is 0 Å². The molecule has 0 bridgehead atoms. The van der Waals surface area contributed by atoms with E-state index >= 15 is 0 Å². The summed E-state index contributed by atoms with van der Waals surface area (Å²) >= 11 is 19.2. The van der Waals surface area contributed by atoms with E-state index < -0.39 is 34.5 Å². The highest BCUT2D eigenvalue weighted by molar-refractivity contribution is 9.12. The van der Waals surface area contributed by atoms with Gasteiger partial charge in [-0.25, -0.2) is 5.01 Å². The number of benzene rings is 2. The summed E-state index contributed by atoms with van der Waals surface area (Å²) in [5.74, 6) is -2.81. The van der Waals surface area contributed by atoms with E-state index in [0.29, 0.717) is 23.4 Å². The van der Waals surface area contributed by atoms with Gasteiger partial charge in [-0.05, 0) is 36.6 Å². The number of nitrogens with zero attached hydrogens (tertiary/aromatic N) is 3. The number of nitro benzene ring substituents is 1. The maximum Gasteiger partial charge on any atom is 0.273 e. The number of alkyl halides is 2. The fourth-order valence-corrected chi connectivity index (χ4v) is 5.82. The minimum absolute atomic E-state index is 0.00134. The van der Waals surface area contributed by atoms with E-state index in [2.05, 4.69) is 31.9 Å². The van der Waals surface area contributed by atoms with Gasteiger partial charge in [-0.15, -0.1) is 0 Å². The highest BCUT2D eigenvalue weighted by Crippen LogP contribution is 2.44. The fraction of sp³-hybridized carbons (Fsp3) is 0.318. The van der Waals surface area contributed by atoms with Gasteiger partial charge in [0.25, 0.3) is 23.4 Å². The molecule has 1 heterocycles. The molecule has 0 unspecified atom stereocenters. The first-order valence-electron chi connectivity index (χ1n) is 10.2. The highest BCUT2D eigenvalue weighted by Gasteiger charge is 2.54. The monoisotopic (exact) mass is 631 g/mol. The molecule has 2 fully saturated rings. The van der Waals surface area contributed by atoms with Crippen molar-refractivity contribution in [2.45, 2.75) is 29.0 Å². The third kappa shape index (κ3) is 4.73. The molecule has 2 aliphatic rings. The molecular formula is C22H17Br2Cl2N3O5. The van der Waals surface area contributed by atoms with Gasteiger partial charge in [-0.3, -0.25) is 24.5 Å². The average molecular weight is 634 g/mol. The van der Waals surface area contributed by atoms with E-state index in [1.165, 1.54) is 18.2 Å². The predicted molar refractivity (Wildman–Crippen MR) is 133 cm³/mol. The van der Waals surface area contributed by atoms with Crippen LogP contribution in [0.2, 0.25) is 10.0 Å². The molecule has 1 aliphatic carbocycles. The third-order valence-corrected chi connectivity index (χ3v) is 9.46. The van der Waals surface area contributed by atoms with Crippen LogP contribution in [0.15, 0.2) is 42.5 Å². The Balaban J connectivity index is 1.74. The van der Waals surface area contributed by atoms with Gasteiger partial charge < -0.3 is 0 Å². The molecule has 2 aromatic rings. The Hall–Kier alpha value is -2.01. The second kappa shape index (κ2) is 9.93. The summed E-state index contributed by atoms with van der Waals surface area (Å²) in [6.45, 7) is -0.162. The number of non-ortho nitro benzene ring substituents is 1. The summed E-state index contributed by atoms with van der Waals surface area (Å²) in [4.78, 5) is 50.9. The van der Waals surface area contributed by atoms with Crippen LogP contribution in [0.25, 0.3) is 0 Å². The summed E-state index contributed by atoms with van der Waals surface area (Å²) in [6, 6.07) is 9.87. The number of hydrazine groups is 1. The van der Waals surface area contributed by atoms with Crippen molar-refractivity contribution in [2.24, 2.45) is 11.8 Å². The lowest BCUT2D eigenvalue weighted by molar-refractivity contribution is -0.384. The van der Waals surface area contributed by atoms with Crippen LogP contribution in [0.4, 0.5) is 5.69 Å². The normalized spacial score (nSPS) is 24.2. The lowest BCUT2D eigenvalue weighted by Gasteiger charge is -2.30. The van der Waals surface area contributed by atoms with Gasteiger partial charge in [-0.1, -0.05) is 67.2 Å². The summed E-state index contributed by atoms with van der Waals surface area (Å²) in [6.07, 6.45) is 0.876. The lowest BCUT2D eigenvalue weighted by atomic mass is 9.81. The zero-order chi connectivity index (χ0) is 24.7. The molecule has 0 aromatic heterocycles. The van der Waals surface area contributed by atoms with Crippen molar-refractivity contribution in [1.29, 1.82) is 0 Å². The Bertz CT molecular complexity index is 1170. The molecule has 4 atom stereocenters. The van der Waals surface area contributed by atoms with E-state index in [4.69, 9.17) is 23.2 Å². The average Bonchev–Trinajstić information content (AvgIpc) is 3.03. The number of fused-ring (bicyclic) bond motifs is 1. The summed E-state index contributed by atoms with van der Waals surface area (Å²) in [7, 11) is 0. The molecule has 0 N–H and O–H groups in total. The Morgan fingerprint density at radius 1 is 1.03 bits per heavy atom. The topological polar surface area (TPSA) is 101 Å². The van der Waals surface area contributed by atoms with Gasteiger partial charge in [0.05, 0.1) is 33.3 Å². The molecule has 4 rings (SSSR count). The van der Waals surface area contributed by atoms with Gasteiger partial charge in [0, 0.05) is 27.4 Å². The summed E-state index contributed by atoms with van der Waals surface area (Å²) in [5.41, 5.74) is 0.221. The maximum absolute atomic E-state index is 13.6. The summed E-state index contributed by atoms with van der Waals surface area (Å²) in [5, 5.41) is 13.7. The molecule has 0 radical (unpaired) electrons. The van der Waals surface area contributed by atoms with Crippen molar-refractivity contribution >= 4 is 78.5 Å². The maximum atomic E-state index is 13.6. The largest absolute Gasteiger partial charge is 0.273 e. The zero-order valence-corrected chi connectivity index (χ0v) is 22.1. The summed E-state index contributed by atoms with van der Waals surface area (Å²) < 4.78 is 0. The van der Waals surface area contributed by atoms with E-state index in [0.717, 1.165) is 16.1 Å². The van der Waals surface area contributed by atoms with Crippen molar-refractivity contribution in [2.75, 3.05) is 0 Å². The van der Waals surface area contributed by atoms with Crippen LogP contribution in [0.5, 0.6) is 0 Å². The highest BCUT2D eigenvalue weighted by atomic mass is 79.9. The first-order valence-corrected chi connectivity index (χ1v) is 12.8. The molecule has 8 nitrogen and oxygen atoms in total. The van der Waals surface area contributed by atoms with Crippen LogP contribution in [0.1, 0.15) is 28.8 Å². The van der Waals surface area contributed by atoms with Crippen LogP contribution in [0, 0.1) is 22.0 Å². The van der Waals surface area contributed by atoms with Crippen LogP contribution < -0.4 is 0 Å². The fourth-order valence-electron chi connectivity index (χ4n) is 4.26. The van der Waals surface area contributed by atoms with Crippen molar-refractivity contribution in [3.8, 4) is 0 Å². The minimum Gasteiger partial charge on any atom is -0.272 e. The third-order valence-electron chi connectivity index (χ3n) is 5.98. The number of imide groups is 1. The molecule has 0 spiro atoms. The Morgan fingerprint density at radius 3 is 2.21 bits per heavy atom. The molecule has 1 aliphatic heterocycles. The minimum atomic E-state index is -0.721. The van der Waals surface area contributed by atoms with E-state index in [-0.39, 0.29) is 32.5 Å². The van der Waals surface area contributed by atoms with Gasteiger partial charge in [-0.2, -0.15) is 5.01 Å². The Kier molecular flexibility index (Phi) is 7.33. The van der Waals surface area contributed by atoms with Crippen LogP contribution >= 0.6 is 55.1 Å². The zero-order valence-electron chi connectivity index (χ0n) is 17.4. The second-order valence-electron chi connectivity index (χ2n) is 8.12. The van der Waals surface area contributed by atoms with Gasteiger partial charge in [0.15, 0.2) is 0 Å². The quantitative estimate of drug-likeness (QED) is 0.190. The molecule has 178 valence electrons. The molecular weight excluding hydrogens is 617 g/mol. The van der Waals surface area contributed by atoms with Gasteiger partial charge in [0.1, 0.15) is 0 Å². The smallest absolute Gasteiger partial charge is 0.272 e. The van der Waals surface area contributed by atoms with Crippen LogP contribution in [-0.2, 0) is 16.1 Å². The molecule has 1 saturated carbocycles. The lowest BCUT2D eigenvalue weighted by Crippen LogP contribution is -2.49. The number of halogens is 4. The number of amides is 3. The Morgan fingerprint density at radius 2 is 1.65 bits per heavy atom. The van der Waals surface area contributed by atoms with Crippen molar-refractivity contribution in [3.63, 3.8) is 0 Å². The molecule has 2 aromatic carbocycles. The molecule has 1 saturated heterocycles. The Labute approximate surface area is 221 Å². The first kappa shape index (κ1) is 25.1. The first-order chi connectivity index (χ1) is 16.1. The number of rotatable bonds is 5. The number of carbonyl (C=O) groups is 3. The SMILES string of the molecule is O=C(c1cccc([N+](=O)[O-])c1)N(Cc1ccc(Cl)c(Cl)c1)N1C(=O)[C@H]2C[C@H](Br)[C@@H](Br)C[C@H]2C1=O. The van der Waals surface area contributed by atoms with Gasteiger partial charge >= 0.3 is 0 Å². The molecule has 12 heteroatoms. The van der Waals surface area contributed by atoms with Crippen LogP contribution in [-0.4, -0.2) is 42.3 Å². The molecule has 34 heavy (non-hydrogen) atoms. The number of carbonyl (C=O) groups excluding carboxylic acids is 3. The van der Waals surface area contributed by atoms with E-state index in [9.17, 15) is 24.5 Å². The van der Waals surface area contributed by atoms with Crippen molar-refractivity contribution in [3.05, 3.63) is 73.8 Å². The molecule has 3 amide bonds. The second-order valence-corrected chi connectivity index (χ2v) is 11.3. The predicted octanol–water partition coefficient (Wildman–Crippen LogP) is 5.38. The van der Waals surface area contributed by atoms with Crippen LogP contribution in [0.3, 0.4) is 0 Å². The standard InChI is InChI=1S/C22H17Br2Cl2N3O5/c23-16-8-14-15(9-17(16)24)22(32)28(21(14)31)27(10-11-4-5-18(25)19(26)6-11)20(30)12-2-1-3-13(7-12)29(33)34/h1-7,14-17H,8-10H2/t14-,15+,16-,17-/m0/s1. The van der Waals surface area contributed by atoms with Gasteiger partial charge in [0.2, 0.25) is 0 Å². The van der Waals surface area contributed by atoms with Crippen molar-refractivity contribution < 1.29 is 19.3 Å². The number of hydrogen-bond acceptors (Lipinski definition) is 5. The van der Waals surface area contributed by atoms with E-state index in [1.54, 1.807) is 18.2 Å². The van der Waals surface area contributed by atoms with Crippen molar-refractivity contribution in [1.82, 2.24) is 10.0 Å². The number of nitro groups is 1. The number of hydrogen-bond donors (Lipinski definition) is 0.